The molecule has 0 aliphatic carbocycles. The van der Waals surface area contributed by atoms with Gasteiger partial charge >= 0.3 is 0 Å². The summed E-state index contributed by atoms with van der Waals surface area (Å²) in [5, 5.41) is 11.3. The Morgan fingerprint density at radius 3 is 2.96 bits per heavy atom. The van der Waals surface area contributed by atoms with E-state index in [-0.39, 0.29) is 11.9 Å². The number of hydrogen-bond acceptors (Lipinski definition) is 4. The van der Waals surface area contributed by atoms with E-state index in [0.717, 1.165) is 23.6 Å². The fraction of sp³-hybridized carbons (Fsp3) is 0.375. The Bertz CT molecular complexity index is 652. The molecule has 1 fully saturated rings. The van der Waals surface area contributed by atoms with Crippen LogP contribution in [0, 0.1) is 0 Å². The number of carbonyl (C=O) groups excluding carboxylic acids is 1. The summed E-state index contributed by atoms with van der Waals surface area (Å²) < 4.78 is 1.78. The molecule has 0 saturated carbocycles. The van der Waals surface area contributed by atoms with Crippen molar-refractivity contribution in [3.8, 4) is 0 Å². The molecule has 2 heterocycles. The van der Waals surface area contributed by atoms with Gasteiger partial charge in [-0.25, -0.2) is 4.68 Å². The van der Waals surface area contributed by atoms with E-state index in [1.165, 1.54) is 0 Å². The molecule has 1 atom stereocenters. The van der Waals surface area contributed by atoms with E-state index in [2.05, 4.69) is 15.7 Å². The molecule has 1 unspecified atom stereocenters. The van der Waals surface area contributed by atoms with Gasteiger partial charge in [-0.05, 0) is 17.7 Å². The van der Waals surface area contributed by atoms with Crippen LogP contribution in [0.25, 0.3) is 0 Å². The van der Waals surface area contributed by atoms with Crippen LogP contribution in [-0.2, 0) is 11.3 Å². The number of nitrogens with one attached hydrogen (secondary N) is 2. The molecule has 0 radical (unpaired) electrons. The summed E-state index contributed by atoms with van der Waals surface area (Å²) in [7, 11) is 0. The molecule has 1 aromatic heterocycles. The molecule has 23 heavy (non-hydrogen) atoms. The van der Waals surface area contributed by atoms with E-state index < -0.39 is 0 Å². The van der Waals surface area contributed by atoms with Crippen molar-refractivity contribution < 1.29 is 4.79 Å². The molecule has 7 heteroatoms. The molecule has 2 aromatic rings. The van der Waals surface area contributed by atoms with E-state index in [0.29, 0.717) is 23.8 Å². The number of thioether (sulfide) groups is 1. The van der Waals surface area contributed by atoms with Gasteiger partial charge in [0.2, 0.25) is 5.91 Å². The topological polar surface area (TPSA) is 59.0 Å². The van der Waals surface area contributed by atoms with Gasteiger partial charge in [-0.3, -0.25) is 4.79 Å². The third-order valence-electron chi connectivity index (χ3n) is 3.66. The number of benzene rings is 1. The van der Waals surface area contributed by atoms with Crippen LogP contribution < -0.4 is 10.6 Å². The van der Waals surface area contributed by atoms with E-state index in [4.69, 9.17) is 11.6 Å². The van der Waals surface area contributed by atoms with E-state index in [1.807, 2.05) is 42.1 Å². The highest BCUT2D eigenvalue weighted by atomic mass is 35.5. The van der Waals surface area contributed by atoms with Gasteiger partial charge in [-0.1, -0.05) is 23.7 Å². The highest BCUT2D eigenvalue weighted by Crippen LogP contribution is 2.15. The fourth-order valence-electron chi connectivity index (χ4n) is 2.50. The Morgan fingerprint density at radius 2 is 2.22 bits per heavy atom. The first kappa shape index (κ1) is 16.4. The van der Waals surface area contributed by atoms with Crippen molar-refractivity contribution in [3.63, 3.8) is 0 Å². The second-order valence-corrected chi connectivity index (χ2v) is 7.07. The van der Waals surface area contributed by atoms with Crippen molar-refractivity contribution in [1.82, 2.24) is 15.1 Å². The lowest BCUT2D eigenvalue weighted by Gasteiger charge is -2.22. The van der Waals surface area contributed by atoms with Gasteiger partial charge in [0.25, 0.3) is 0 Å². The molecule has 0 bridgehead atoms. The SMILES string of the molecule is O=C(CC1CSCCN1)Nc1ccnn1Cc1ccc(Cl)cc1. The van der Waals surface area contributed by atoms with Gasteiger partial charge in [0.15, 0.2) is 0 Å². The summed E-state index contributed by atoms with van der Waals surface area (Å²) in [4.78, 5) is 12.2. The molecule has 3 rings (SSSR count). The molecule has 1 aromatic carbocycles. The van der Waals surface area contributed by atoms with Crippen molar-refractivity contribution >= 4 is 35.1 Å². The van der Waals surface area contributed by atoms with Gasteiger partial charge in [0.1, 0.15) is 5.82 Å². The number of nitrogens with zero attached hydrogens (tertiary/aromatic N) is 2. The molecule has 0 spiro atoms. The molecule has 5 nitrogen and oxygen atoms in total. The first-order valence-corrected chi connectivity index (χ1v) is 9.11. The van der Waals surface area contributed by atoms with Crippen molar-refractivity contribution in [2.75, 3.05) is 23.4 Å². The second kappa shape index (κ2) is 7.86. The normalized spacial score (nSPS) is 17.9. The van der Waals surface area contributed by atoms with Gasteiger partial charge < -0.3 is 10.6 Å². The van der Waals surface area contributed by atoms with Gasteiger partial charge in [0.05, 0.1) is 12.7 Å². The van der Waals surface area contributed by atoms with Crippen LogP contribution in [0.15, 0.2) is 36.5 Å². The van der Waals surface area contributed by atoms with Crippen molar-refractivity contribution in [2.24, 2.45) is 0 Å². The molecule has 1 saturated heterocycles. The Hall–Kier alpha value is -1.50. The van der Waals surface area contributed by atoms with Crippen LogP contribution in [0.1, 0.15) is 12.0 Å². The maximum atomic E-state index is 12.2. The average Bonchev–Trinajstić information content (AvgIpc) is 2.97. The lowest BCUT2D eigenvalue weighted by atomic mass is 10.2. The summed E-state index contributed by atoms with van der Waals surface area (Å²) >= 11 is 7.79. The van der Waals surface area contributed by atoms with Crippen LogP contribution in [0.4, 0.5) is 5.82 Å². The number of halogens is 1. The molecule has 2 N–H and O–H groups in total. The zero-order valence-corrected chi connectivity index (χ0v) is 14.2. The Morgan fingerprint density at radius 1 is 1.39 bits per heavy atom. The molecular weight excluding hydrogens is 332 g/mol. The van der Waals surface area contributed by atoms with E-state index in [9.17, 15) is 4.79 Å². The minimum atomic E-state index is 0.0165. The monoisotopic (exact) mass is 350 g/mol. The zero-order chi connectivity index (χ0) is 16.1. The number of carbonyl (C=O) groups is 1. The van der Waals surface area contributed by atoms with Crippen LogP contribution in [0.3, 0.4) is 0 Å². The smallest absolute Gasteiger partial charge is 0.227 e. The first-order chi connectivity index (χ1) is 11.2. The summed E-state index contributed by atoms with van der Waals surface area (Å²) in [6.07, 6.45) is 2.18. The molecular formula is C16H19ClN4OS. The van der Waals surface area contributed by atoms with Crippen molar-refractivity contribution in [2.45, 2.75) is 19.0 Å². The number of rotatable bonds is 5. The Labute approximate surface area is 144 Å². The maximum absolute atomic E-state index is 12.2. The van der Waals surface area contributed by atoms with Gasteiger partial charge in [-0.15, -0.1) is 0 Å². The van der Waals surface area contributed by atoms with E-state index >= 15 is 0 Å². The fourth-order valence-corrected chi connectivity index (χ4v) is 3.57. The molecule has 1 aliphatic rings. The summed E-state index contributed by atoms with van der Waals surface area (Å²) in [6, 6.07) is 9.69. The number of hydrogen-bond donors (Lipinski definition) is 2. The summed E-state index contributed by atoms with van der Waals surface area (Å²) in [5.41, 5.74) is 1.08. The van der Waals surface area contributed by atoms with Crippen molar-refractivity contribution in [1.29, 1.82) is 0 Å². The number of amides is 1. The summed E-state index contributed by atoms with van der Waals surface area (Å²) in [5.74, 6) is 2.83. The highest BCUT2D eigenvalue weighted by Gasteiger charge is 2.17. The third kappa shape index (κ3) is 4.73. The van der Waals surface area contributed by atoms with Crippen LogP contribution in [0.5, 0.6) is 0 Å². The predicted molar refractivity (Wildman–Crippen MR) is 95.1 cm³/mol. The summed E-state index contributed by atoms with van der Waals surface area (Å²) in [6.45, 7) is 1.56. The maximum Gasteiger partial charge on any atom is 0.227 e. The zero-order valence-electron chi connectivity index (χ0n) is 12.7. The minimum Gasteiger partial charge on any atom is -0.312 e. The van der Waals surface area contributed by atoms with Crippen LogP contribution in [-0.4, -0.2) is 39.8 Å². The standard InChI is InChI=1S/C16H19ClN4OS/c17-13-3-1-12(2-4-13)10-21-15(5-6-19-21)20-16(22)9-14-11-23-8-7-18-14/h1-6,14,18H,7-11H2,(H,20,22). The van der Waals surface area contributed by atoms with Gasteiger partial charge in [0, 0.05) is 41.6 Å². The lowest BCUT2D eigenvalue weighted by molar-refractivity contribution is -0.116. The average molecular weight is 351 g/mol. The van der Waals surface area contributed by atoms with Crippen LogP contribution in [0.2, 0.25) is 5.02 Å². The van der Waals surface area contributed by atoms with E-state index in [1.54, 1.807) is 10.9 Å². The first-order valence-electron chi connectivity index (χ1n) is 7.58. The minimum absolute atomic E-state index is 0.0165. The third-order valence-corrected chi connectivity index (χ3v) is 5.04. The lowest BCUT2D eigenvalue weighted by Crippen LogP contribution is -2.40. The second-order valence-electron chi connectivity index (χ2n) is 5.48. The quantitative estimate of drug-likeness (QED) is 0.870. The van der Waals surface area contributed by atoms with Gasteiger partial charge in [-0.2, -0.15) is 16.9 Å². The Balaban J connectivity index is 1.59. The van der Waals surface area contributed by atoms with Crippen molar-refractivity contribution in [3.05, 3.63) is 47.1 Å². The molecule has 1 amide bonds. The number of aromatic nitrogens is 2. The molecule has 122 valence electrons. The van der Waals surface area contributed by atoms with Crippen LogP contribution >= 0.6 is 23.4 Å². The highest BCUT2D eigenvalue weighted by molar-refractivity contribution is 7.99. The molecule has 1 aliphatic heterocycles. The number of anilines is 1. The predicted octanol–water partition coefficient (Wildman–Crippen LogP) is 2.62. The largest absolute Gasteiger partial charge is 0.312 e. The Kier molecular flexibility index (Phi) is 5.59.